The van der Waals surface area contributed by atoms with E-state index in [4.69, 9.17) is 4.42 Å². The van der Waals surface area contributed by atoms with E-state index in [0.29, 0.717) is 23.3 Å². The number of thioether (sulfide) groups is 1. The summed E-state index contributed by atoms with van der Waals surface area (Å²) in [5.74, 6) is 1.14. The standard InChI is InChI=1S/C14H12N4O3S2/c1-9-15-11(8-22-9)6-13-16-17-14(21-13)23-7-10-2-4-12(5-3-10)18(19)20/h2-5,8H,6-7H2,1H3. The Kier molecular flexibility index (Phi) is 4.68. The second-order valence-corrected chi connectivity index (χ2v) is 6.70. The number of nitro benzene ring substituents is 1. The van der Waals surface area contributed by atoms with Crippen LogP contribution in [0.25, 0.3) is 0 Å². The maximum Gasteiger partial charge on any atom is 0.276 e. The van der Waals surface area contributed by atoms with Gasteiger partial charge in [-0.15, -0.1) is 21.5 Å². The summed E-state index contributed by atoms with van der Waals surface area (Å²) in [6, 6.07) is 6.42. The lowest BCUT2D eigenvalue weighted by atomic mass is 10.2. The van der Waals surface area contributed by atoms with E-state index in [9.17, 15) is 10.1 Å². The van der Waals surface area contributed by atoms with Gasteiger partial charge >= 0.3 is 0 Å². The Morgan fingerprint density at radius 1 is 1.30 bits per heavy atom. The zero-order valence-electron chi connectivity index (χ0n) is 12.1. The van der Waals surface area contributed by atoms with Crippen molar-refractivity contribution < 1.29 is 9.34 Å². The molecule has 0 aliphatic rings. The highest BCUT2D eigenvalue weighted by atomic mass is 32.2. The van der Waals surface area contributed by atoms with Gasteiger partial charge in [-0.2, -0.15) is 0 Å². The molecule has 2 heterocycles. The van der Waals surface area contributed by atoms with E-state index in [-0.39, 0.29) is 5.69 Å². The van der Waals surface area contributed by atoms with E-state index >= 15 is 0 Å². The molecule has 0 amide bonds. The molecule has 0 saturated carbocycles. The van der Waals surface area contributed by atoms with E-state index in [1.165, 1.54) is 23.9 Å². The van der Waals surface area contributed by atoms with Gasteiger partial charge in [-0.1, -0.05) is 23.9 Å². The monoisotopic (exact) mass is 348 g/mol. The highest BCUT2D eigenvalue weighted by Crippen LogP contribution is 2.23. The number of nitro groups is 1. The molecule has 0 saturated heterocycles. The first-order chi connectivity index (χ1) is 11.1. The predicted octanol–water partition coefficient (Wildman–Crippen LogP) is 3.63. The van der Waals surface area contributed by atoms with Gasteiger partial charge in [0.2, 0.25) is 5.89 Å². The van der Waals surface area contributed by atoms with Crippen LogP contribution >= 0.6 is 23.1 Å². The van der Waals surface area contributed by atoms with Crippen molar-refractivity contribution in [3.8, 4) is 0 Å². The van der Waals surface area contributed by atoms with Crippen molar-refractivity contribution in [2.45, 2.75) is 24.3 Å². The number of aryl methyl sites for hydroxylation is 1. The molecule has 0 N–H and O–H groups in total. The minimum absolute atomic E-state index is 0.0809. The molecule has 0 atom stereocenters. The van der Waals surface area contributed by atoms with Crippen LogP contribution in [0.2, 0.25) is 0 Å². The molecule has 0 fully saturated rings. The van der Waals surface area contributed by atoms with Crippen LogP contribution < -0.4 is 0 Å². The first-order valence-corrected chi connectivity index (χ1v) is 8.56. The summed E-state index contributed by atoms with van der Waals surface area (Å²) in [5.41, 5.74) is 1.95. The number of aromatic nitrogens is 3. The summed E-state index contributed by atoms with van der Waals surface area (Å²) in [4.78, 5) is 14.6. The average Bonchev–Trinajstić information content (AvgIpc) is 3.15. The molecule has 118 valence electrons. The molecular weight excluding hydrogens is 336 g/mol. The first kappa shape index (κ1) is 15.6. The van der Waals surface area contributed by atoms with Gasteiger partial charge in [0.15, 0.2) is 0 Å². The largest absolute Gasteiger partial charge is 0.416 e. The van der Waals surface area contributed by atoms with Crippen molar-refractivity contribution in [3.63, 3.8) is 0 Å². The van der Waals surface area contributed by atoms with Gasteiger partial charge in [-0.05, 0) is 12.5 Å². The summed E-state index contributed by atoms with van der Waals surface area (Å²) in [7, 11) is 0. The van der Waals surface area contributed by atoms with Gasteiger partial charge in [0.25, 0.3) is 10.9 Å². The lowest BCUT2D eigenvalue weighted by molar-refractivity contribution is -0.384. The van der Waals surface area contributed by atoms with E-state index in [1.807, 2.05) is 12.3 Å². The number of hydrogen-bond donors (Lipinski definition) is 0. The fourth-order valence-corrected chi connectivity index (χ4v) is 3.22. The topological polar surface area (TPSA) is 95.0 Å². The summed E-state index contributed by atoms with van der Waals surface area (Å²) in [6.45, 7) is 1.95. The van der Waals surface area contributed by atoms with Gasteiger partial charge in [0, 0.05) is 23.3 Å². The Balaban J connectivity index is 1.57. The van der Waals surface area contributed by atoms with Crippen LogP contribution in [0, 0.1) is 17.0 Å². The molecule has 7 nitrogen and oxygen atoms in total. The van der Waals surface area contributed by atoms with Crippen LogP contribution in [0.1, 0.15) is 22.2 Å². The van der Waals surface area contributed by atoms with Crippen LogP contribution in [0.4, 0.5) is 5.69 Å². The number of nitrogens with zero attached hydrogens (tertiary/aromatic N) is 4. The van der Waals surface area contributed by atoms with E-state index in [0.717, 1.165) is 16.3 Å². The lowest BCUT2D eigenvalue weighted by Gasteiger charge is -1.97. The van der Waals surface area contributed by atoms with Crippen molar-refractivity contribution >= 4 is 28.8 Å². The minimum atomic E-state index is -0.415. The smallest absolute Gasteiger partial charge is 0.276 e. The highest BCUT2D eigenvalue weighted by Gasteiger charge is 2.10. The molecular formula is C14H12N4O3S2. The van der Waals surface area contributed by atoms with Crippen LogP contribution in [0.3, 0.4) is 0 Å². The Bertz CT molecular complexity index is 814. The third-order valence-electron chi connectivity index (χ3n) is 2.96. The molecule has 23 heavy (non-hydrogen) atoms. The second-order valence-electron chi connectivity index (χ2n) is 4.71. The molecule has 3 aromatic rings. The third-order valence-corrected chi connectivity index (χ3v) is 4.67. The predicted molar refractivity (Wildman–Crippen MR) is 86.6 cm³/mol. The first-order valence-electron chi connectivity index (χ1n) is 6.69. The number of rotatable bonds is 6. The van der Waals surface area contributed by atoms with Crippen molar-refractivity contribution in [2.24, 2.45) is 0 Å². The molecule has 0 aliphatic heterocycles. The third kappa shape index (κ3) is 4.14. The van der Waals surface area contributed by atoms with E-state index in [2.05, 4.69) is 15.2 Å². The number of hydrogen-bond acceptors (Lipinski definition) is 8. The van der Waals surface area contributed by atoms with E-state index < -0.39 is 4.92 Å². The van der Waals surface area contributed by atoms with Crippen LogP contribution in [-0.4, -0.2) is 20.1 Å². The lowest BCUT2D eigenvalue weighted by Crippen LogP contribution is -1.88. The molecule has 2 aromatic heterocycles. The maximum absolute atomic E-state index is 10.6. The molecule has 0 unspecified atom stereocenters. The van der Waals surface area contributed by atoms with Crippen molar-refractivity contribution in [1.82, 2.24) is 15.2 Å². The van der Waals surface area contributed by atoms with Gasteiger partial charge in [0.1, 0.15) is 0 Å². The zero-order valence-corrected chi connectivity index (χ0v) is 13.8. The van der Waals surface area contributed by atoms with Crippen molar-refractivity contribution in [1.29, 1.82) is 0 Å². The minimum Gasteiger partial charge on any atom is -0.416 e. The summed E-state index contributed by atoms with van der Waals surface area (Å²) >= 11 is 2.98. The van der Waals surface area contributed by atoms with Crippen molar-refractivity contribution in [2.75, 3.05) is 0 Å². The SMILES string of the molecule is Cc1nc(Cc2nnc(SCc3ccc([N+](=O)[O-])cc3)o2)cs1. The van der Waals surface area contributed by atoms with Crippen LogP contribution in [0.5, 0.6) is 0 Å². The van der Waals surface area contributed by atoms with Gasteiger partial charge in [0.05, 0.1) is 22.0 Å². The molecule has 0 bridgehead atoms. The fourth-order valence-electron chi connectivity index (χ4n) is 1.87. The normalized spacial score (nSPS) is 10.8. The van der Waals surface area contributed by atoms with Gasteiger partial charge in [-0.3, -0.25) is 10.1 Å². The molecule has 3 rings (SSSR count). The van der Waals surface area contributed by atoms with Gasteiger partial charge < -0.3 is 4.42 Å². The highest BCUT2D eigenvalue weighted by molar-refractivity contribution is 7.98. The summed E-state index contributed by atoms with van der Waals surface area (Å²) in [6.07, 6.45) is 0.523. The Morgan fingerprint density at radius 2 is 2.09 bits per heavy atom. The second kappa shape index (κ2) is 6.88. The Hall–Kier alpha value is -2.26. The molecule has 0 spiro atoms. The Labute approximate surface area is 139 Å². The zero-order chi connectivity index (χ0) is 16.2. The quantitative estimate of drug-likeness (QED) is 0.381. The molecule has 9 heteroatoms. The van der Waals surface area contributed by atoms with Gasteiger partial charge in [-0.25, -0.2) is 4.98 Å². The Morgan fingerprint density at radius 3 is 2.74 bits per heavy atom. The summed E-state index contributed by atoms with van der Waals surface area (Å²) in [5, 5.41) is 22.1. The summed E-state index contributed by atoms with van der Waals surface area (Å²) < 4.78 is 5.58. The number of benzene rings is 1. The number of thiazole rings is 1. The van der Waals surface area contributed by atoms with E-state index in [1.54, 1.807) is 23.5 Å². The molecule has 1 aromatic carbocycles. The van der Waals surface area contributed by atoms with Crippen LogP contribution in [0.15, 0.2) is 39.3 Å². The number of non-ortho nitro benzene ring substituents is 1. The molecule has 0 radical (unpaired) electrons. The fraction of sp³-hybridized carbons (Fsp3) is 0.214. The maximum atomic E-state index is 10.6. The molecule has 0 aliphatic carbocycles. The average molecular weight is 348 g/mol. The van der Waals surface area contributed by atoms with Crippen LogP contribution in [-0.2, 0) is 12.2 Å². The van der Waals surface area contributed by atoms with Crippen molar-refractivity contribution in [3.05, 3.63) is 61.9 Å².